The molecule has 1 rings (SSSR count). The van der Waals surface area contributed by atoms with Gasteiger partial charge in [0.05, 0.1) is 12.1 Å². The number of rotatable bonds is 2. The summed E-state index contributed by atoms with van der Waals surface area (Å²) in [5, 5.41) is 8.94. The van der Waals surface area contributed by atoms with Crippen LogP contribution in [0.15, 0.2) is 0 Å². The lowest BCUT2D eigenvalue weighted by Gasteiger charge is -2.37. The Hall–Kier alpha value is -0.550. The van der Waals surface area contributed by atoms with Gasteiger partial charge >= 0.3 is 0 Å². The van der Waals surface area contributed by atoms with Gasteiger partial charge in [-0.05, 0) is 31.2 Å². The fourth-order valence-corrected chi connectivity index (χ4v) is 2.01. The van der Waals surface area contributed by atoms with Gasteiger partial charge in [-0.3, -0.25) is 4.90 Å². The molecule has 0 aromatic carbocycles. The van der Waals surface area contributed by atoms with E-state index < -0.39 is 0 Å². The lowest BCUT2D eigenvalue weighted by atomic mass is 9.88. The zero-order valence-electron chi connectivity index (χ0n) is 8.95. The second-order valence-electron chi connectivity index (χ2n) is 4.29. The van der Waals surface area contributed by atoms with Gasteiger partial charge < -0.3 is 0 Å². The molecule has 2 heteroatoms. The molecule has 0 saturated carbocycles. The van der Waals surface area contributed by atoms with E-state index in [0.717, 1.165) is 31.3 Å². The Morgan fingerprint density at radius 3 is 2.62 bits per heavy atom. The zero-order chi connectivity index (χ0) is 9.84. The molecule has 74 valence electrons. The Bertz CT molecular complexity index is 195. The van der Waals surface area contributed by atoms with Gasteiger partial charge in [-0.15, -0.1) is 0 Å². The fourth-order valence-electron chi connectivity index (χ4n) is 2.01. The lowest BCUT2D eigenvalue weighted by Crippen LogP contribution is -2.43. The number of piperidine rings is 1. The van der Waals surface area contributed by atoms with Gasteiger partial charge in [0, 0.05) is 6.54 Å². The quantitative estimate of drug-likeness (QED) is 0.652. The molecule has 3 unspecified atom stereocenters. The van der Waals surface area contributed by atoms with E-state index >= 15 is 0 Å². The monoisotopic (exact) mass is 180 g/mol. The van der Waals surface area contributed by atoms with Crippen LogP contribution in [0.25, 0.3) is 0 Å². The molecular formula is C11H20N2. The first-order valence-corrected chi connectivity index (χ1v) is 5.32. The van der Waals surface area contributed by atoms with Crippen molar-refractivity contribution in [2.24, 2.45) is 11.8 Å². The van der Waals surface area contributed by atoms with Crippen molar-refractivity contribution in [1.82, 2.24) is 4.90 Å². The van der Waals surface area contributed by atoms with Crippen LogP contribution < -0.4 is 0 Å². The third kappa shape index (κ3) is 2.45. The summed E-state index contributed by atoms with van der Waals surface area (Å²) in [7, 11) is 0. The topological polar surface area (TPSA) is 27.0 Å². The lowest BCUT2D eigenvalue weighted by molar-refractivity contribution is 0.115. The molecule has 2 nitrogen and oxygen atoms in total. The summed E-state index contributed by atoms with van der Waals surface area (Å²) < 4.78 is 0. The van der Waals surface area contributed by atoms with E-state index in [4.69, 9.17) is 5.26 Å². The smallest absolute Gasteiger partial charge is 0.0975 e. The molecule has 1 saturated heterocycles. The molecule has 0 aromatic rings. The van der Waals surface area contributed by atoms with E-state index in [2.05, 4.69) is 31.7 Å². The summed E-state index contributed by atoms with van der Waals surface area (Å²) in [4.78, 5) is 2.34. The summed E-state index contributed by atoms with van der Waals surface area (Å²) in [5.74, 6) is 1.57. The molecule has 1 aliphatic rings. The van der Waals surface area contributed by atoms with Crippen molar-refractivity contribution in [3.05, 3.63) is 0 Å². The first-order valence-electron chi connectivity index (χ1n) is 5.32. The SMILES string of the molecule is CCC(C#N)N1CCC(C)C(C)C1. The zero-order valence-corrected chi connectivity index (χ0v) is 8.95. The van der Waals surface area contributed by atoms with Crippen LogP contribution >= 0.6 is 0 Å². The Balaban J connectivity index is 2.50. The Morgan fingerprint density at radius 1 is 1.46 bits per heavy atom. The van der Waals surface area contributed by atoms with E-state index in [1.807, 2.05) is 0 Å². The van der Waals surface area contributed by atoms with Gasteiger partial charge in [-0.1, -0.05) is 20.8 Å². The minimum absolute atomic E-state index is 0.148. The Morgan fingerprint density at radius 2 is 2.15 bits per heavy atom. The summed E-state index contributed by atoms with van der Waals surface area (Å²) in [6.45, 7) is 8.91. The second kappa shape index (κ2) is 4.62. The van der Waals surface area contributed by atoms with Crippen LogP contribution in [0.2, 0.25) is 0 Å². The number of likely N-dealkylation sites (tertiary alicyclic amines) is 1. The van der Waals surface area contributed by atoms with Gasteiger partial charge in [0.2, 0.25) is 0 Å². The minimum Gasteiger partial charge on any atom is -0.288 e. The maximum atomic E-state index is 8.94. The van der Waals surface area contributed by atoms with E-state index in [1.165, 1.54) is 6.42 Å². The Kier molecular flexibility index (Phi) is 3.74. The molecule has 0 aromatic heterocycles. The van der Waals surface area contributed by atoms with E-state index in [9.17, 15) is 0 Å². The summed E-state index contributed by atoms with van der Waals surface area (Å²) >= 11 is 0. The molecule has 0 aliphatic carbocycles. The van der Waals surface area contributed by atoms with Gasteiger partial charge in [-0.25, -0.2) is 0 Å². The molecule has 0 bridgehead atoms. The van der Waals surface area contributed by atoms with Crippen molar-refractivity contribution >= 4 is 0 Å². The highest BCUT2D eigenvalue weighted by Gasteiger charge is 2.26. The predicted octanol–water partition coefficient (Wildman–Crippen LogP) is 2.27. The van der Waals surface area contributed by atoms with Crippen LogP contribution in [-0.4, -0.2) is 24.0 Å². The molecule has 3 atom stereocenters. The standard InChI is InChI=1S/C11H20N2/c1-4-11(7-12)13-6-5-9(2)10(3)8-13/h9-11H,4-6,8H2,1-3H3. The van der Waals surface area contributed by atoms with Crippen LogP contribution in [0.4, 0.5) is 0 Å². The maximum absolute atomic E-state index is 8.94. The van der Waals surface area contributed by atoms with Crippen molar-refractivity contribution in [2.45, 2.75) is 39.7 Å². The molecule has 0 spiro atoms. The van der Waals surface area contributed by atoms with Crippen LogP contribution in [-0.2, 0) is 0 Å². The third-order valence-corrected chi connectivity index (χ3v) is 3.34. The van der Waals surface area contributed by atoms with E-state index in [1.54, 1.807) is 0 Å². The molecule has 0 N–H and O–H groups in total. The van der Waals surface area contributed by atoms with Gasteiger partial charge in [0.15, 0.2) is 0 Å². The van der Waals surface area contributed by atoms with Crippen LogP contribution in [0.3, 0.4) is 0 Å². The normalized spacial score (nSPS) is 32.5. The van der Waals surface area contributed by atoms with E-state index in [-0.39, 0.29) is 6.04 Å². The van der Waals surface area contributed by atoms with Crippen molar-refractivity contribution in [3.8, 4) is 6.07 Å². The largest absolute Gasteiger partial charge is 0.288 e. The molecule has 1 aliphatic heterocycles. The molecular weight excluding hydrogens is 160 g/mol. The van der Waals surface area contributed by atoms with Crippen molar-refractivity contribution in [3.63, 3.8) is 0 Å². The van der Waals surface area contributed by atoms with Crippen LogP contribution in [0.5, 0.6) is 0 Å². The highest BCUT2D eigenvalue weighted by Crippen LogP contribution is 2.24. The minimum atomic E-state index is 0.148. The highest BCUT2D eigenvalue weighted by atomic mass is 15.2. The number of nitriles is 1. The summed E-state index contributed by atoms with van der Waals surface area (Å²) in [6.07, 6.45) is 2.21. The average molecular weight is 180 g/mol. The van der Waals surface area contributed by atoms with Crippen LogP contribution in [0.1, 0.15) is 33.6 Å². The van der Waals surface area contributed by atoms with Gasteiger partial charge in [-0.2, -0.15) is 5.26 Å². The second-order valence-corrected chi connectivity index (χ2v) is 4.29. The fraction of sp³-hybridized carbons (Fsp3) is 0.909. The van der Waals surface area contributed by atoms with Crippen molar-refractivity contribution in [1.29, 1.82) is 5.26 Å². The Labute approximate surface area is 81.5 Å². The summed E-state index contributed by atoms with van der Waals surface area (Å²) in [6, 6.07) is 2.53. The summed E-state index contributed by atoms with van der Waals surface area (Å²) in [5.41, 5.74) is 0. The van der Waals surface area contributed by atoms with Crippen molar-refractivity contribution in [2.75, 3.05) is 13.1 Å². The number of hydrogen-bond donors (Lipinski definition) is 0. The molecule has 0 radical (unpaired) electrons. The number of nitrogens with zero attached hydrogens (tertiary/aromatic N) is 2. The van der Waals surface area contributed by atoms with Crippen LogP contribution in [0, 0.1) is 23.2 Å². The third-order valence-electron chi connectivity index (χ3n) is 3.34. The van der Waals surface area contributed by atoms with Crippen molar-refractivity contribution < 1.29 is 0 Å². The molecule has 0 amide bonds. The van der Waals surface area contributed by atoms with Gasteiger partial charge in [0.1, 0.15) is 0 Å². The molecule has 13 heavy (non-hydrogen) atoms. The molecule has 1 heterocycles. The highest BCUT2D eigenvalue weighted by molar-refractivity contribution is 4.93. The van der Waals surface area contributed by atoms with E-state index in [0.29, 0.717) is 0 Å². The maximum Gasteiger partial charge on any atom is 0.0975 e. The predicted molar refractivity (Wildman–Crippen MR) is 54.2 cm³/mol. The first kappa shape index (κ1) is 10.5. The average Bonchev–Trinajstić information content (AvgIpc) is 2.13. The molecule has 1 fully saturated rings. The first-order chi connectivity index (χ1) is 6.19. The van der Waals surface area contributed by atoms with Gasteiger partial charge in [0.25, 0.3) is 0 Å². The number of hydrogen-bond acceptors (Lipinski definition) is 2.